The van der Waals surface area contributed by atoms with Crippen LogP contribution >= 0.6 is 11.6 Å². The van der Waals surface area contributed by atoms with Gasteiger partial charge in [-0.05, 0) is 18.9 Å². The number of anilines is 1. The summed E-state index contributed by atoms with van der Waals surface area (Å²) in [4.78, 5) is 23.8. The van der Waals surface area contributed by atoms with Gasteiger partial charge < -0.3 is 10.2 Å². The Morgan fingerprint density at radius 2 is 2.17 bits per heavy atom. The lowest BCUT2D eigenvalue weighted by Gasteiger charge is -2.34. The van der Waals surface area contributed by atoms with Crippen LogP contribution in [0, 0.1) is 16.0 Å². The Balaban J connectivity index is 2.05. The molecule has 0 aliphatic carbocycles. The minimum atomic E-state index is -4.45. The lowest BCUT2D eigenvalue weighted by atomic mass is 9.96. The fraction of sp³-hybridized carbons (Fsp3) is 0.500. The number of alkyl halides is 3. The summed E-state index contributed by atoms with van der Waals surface area (Å²) in [5, 5.41) is 12.8. The van der Waals surface area contributed by atoms with Crippen molar-refractivity contribution in [2.45, 2.75) is 19.0 Å². The number of benzene rings is 1. The van der Waals surface area contributed by atoms with Crippen molar-refractivity contribution >= 4 is 28.9 Å². The monoisotopic (exact) mass is 365 g/mol. The molecule has 1 aliphatic rings. The van der Waals surface area contributed by atoms with Gasteiger partial charge in [0.2, 0.25) is 5.91 Å². The number of non-ortho nitro benzene ring substituents is 1. The van der Waals surface area contributed by atoms with E-state index < -0.39 is 29.5 Å². The summed E-state index contributed by atoms with van der Waals surface area (Å²) < 4.78 is 36.5. The Morgan fingerprint density at radius 1 is 1.46 bits per heavy atom. The number of nitrogens with one attached hydrogen (secondary N) is 1. The number of rotatable bonds is 4. The highest BCUT2D eigenvalue weighted by Crippen LogP contribution is 2.32. The fourth-order valence-corrected chi connectivity index (χ4v) is 2.90. The number of hydrogen-bond donors (Lipinski definition) is 1. The van der Waals surface area contributed by atoms with Crippen molar-refractivity contribution in [3.8, 4) is 0 Å². The fourth-order valence-electron chi connectivity index (χ4n) is 2.61. The maximum atomic E-state index is 12.2. The number of nitrogens with zero attached hydrogens (tertiary/aromatic N) is 2. The molecule has 1 aliphatic heterocycles. The average molecular weight is 366 g/mol. The first-order valence-electron chi connectivity index (χ1n) is 7.21. The molecule has 0 bridgehead atoms. The molecule has 132 valence electrons. The Kier molecular flexibility index (Phi) is 5.53. The molecule has 0 aromatic heterocycles. The van der Waals surface area contributed by atoms with E-state index >= 15 is 0 Å². The van der Waals surface area contributed by atoms with Gasteiger partial charge in [-0.1, -0.05) is 11.6 Å². The van der Waals surface area contributed by atoms with Crippen LogP contribution in [-0.4, -0.2) is 36.6 Å². The highest BCUT2D eigenvalue weighted by atomic mass is 35.5. The Bertz CT molecular complexity index is 639. The molecule has 0 radical (unpaired) electrons. The van der Waals surface area contributed by atoms with E-state index in [0.29, 0.717) is 25.1 Å². The zero-order valence-corrected chi connectivity index (χ0v) is 13.2. The number of carbonyl (C=O) groups is 1. The van der Waals surface area contributed by atoms with Crippen molar-refractivity contribution < 1.29 is 22.9 Å². The van der Waals surface area contributed by atoms with Gasteiger partial charge in [0.1, 0.15) is 6.54 Å². The predicted molar refractivity (Wildman–Crippen MR) is 82.1 cm³/mol. The second-order valence-electron chi connectivity index (χ2n) is 5.51. The van der Waals surface area contributed by atoms with Gasteiger partial charge in [-0.2, -0.15) is 13.2 Å². The molecule has 1 aromatic carbocycles. The van der Waals surface area contributed by atoms with Crippen molar-refractivity contribution in [3.05, 3.63) is 33.3 Å². The molecule has 1 unspecified atom stereocenters. The molecule has 10 heteroatoms. The van der Waals surface area contributed by atoms with Crippen LogP contribution in [-0.2, 0) is 4.79 Å². The topological polar surface area (TPSA) is 75.5 Å². The summed E-state index contributed by atoms with van der Waals surface area (Å²) in [5.74, 6) is -1.25. The van der Waals surface area contributed by atoms with E-state index in [0.717, 1.165) is 0 Å². The number of carbonyl (C=O) groups excluding carboxylic acids is 1. The van der Waals surface area contributed by atoms with E-state index in [-0.39, 0.29) is 17.3 Å². The molecule has 24 heavy (non-hydrogen) atoms. The van der Waals surface area contributed by atoms with Gasteiger partial charge in [0.05, 0.1) is 21.6 Å². The first kappa shape index (κ1) is 18.3. The highest BCUT2D eigenvalue weighted by molar-refractivity contribution is 6.33. The first-order chi connectivity index (χ1) is 11.2. The third kappa shape index (κ3) is 4.73. The second-order valence-corrected chi connectivity index (χ2v) is 5.92. The third-order valence-electron chi connectivity index (χ3n) is 3.74. The van der Waals surface area contributed by atoms with E-state index in [4.69, 9.17) is 11.6 Å². The standard InChI is InChI=1S/C14H15ClF3N3O3/c15-11-6-10(21(23)24)3-4-12(11)20-5-1-2-9(7-20)13(22)19-8-14(16,17)18/h3-4,6,9H,1-2,5,7-8H2,(H,19,22). The zero-order valence-electron chi connectivity index (χ0n) is 12.5. The van der Waals surface area contributed by atoms with Crippen LogP contribution in [0.5, 0.6) is 0 Å². The highest BCUT2D eigenvalue weighted by Gasteiger charge is 2.32. The number of halogens is 4. The summed E-state index contributed by atoms with van der Waals surface area (Å²) in [6.45, 7) is -0.581. The predicted octanol–water partition coefficient (Wildman–Crippen LogP) is 3.14. The van der Waals surface area contributed by atoms with Gasteiger partial charge in [0.15, 0.2) is 0 Å². The largest absolute Gasteiger partial charge is 0.405 e. The number of hydrogen-bond acceptors (Lipinski definition) is 4. The Morgan fingerprint density at radius 3 is 2.75 bits per heavy atom. The summed E-state index contributed by atoms with van der Waals surface area (Å²) in [6.07, 6.45) is -3.37. The molecule has 1 atom stereocenters. The third-order valence-corrected chi connectivity index (χ3v) is 4.04. The molecule has 1 saturated heterocycles. The molecule has 1 fully saturated rings. The molecule has 1 heterocycles. The quantitative estimate of drug-likeness (QED) is 0.657. The van der Waals surface area contributed by atoms with Gasteiger partial charge in [0.25, 0.3) is 5.69 Å². The minimum Gasteiger partial charge on any atom is -0.370 e. The molecule has 1 amide bonds. The maximum absolute atomic E-state index is 12.2. The van der Waals surface area contributed by atoms with E-state index in [1.807, 2.05) is 5.32 Å². The van der Waals surface area contributed by atoms with Crippen molar-refractivity contribution in [1.82, 2.24) is 5.32 Å². The van der Waals surface area contributed by atoms with E-state index in [1.165, 1.54) is 18.2 Å². The normalized spacial score (nSPS) is 18.3. The van der Waals surface area contributed by atoms with E-state index in [9.17, 15) is 28.1 Å². The number of nitro groups is 1. The van der Waals surface area contributed by atoms with Gasteiger partial charge >= 0.3 is 6.18 Å². The van der Waals surface area contributed by atoms with Crippen LogP contribution in [0.25, 0.3) is 0 Å². The van der Waals surface area contributed by atoms with Crippen LogP contribution in [0.3, 0.4) is 0 Å². The zero-order chi connectivity index (χ0) is 17.9. The lowest BCUT2D eigenvalue weighted by molar-refractivity contribution is -0.384. The van der Waals surface area contributed by atoms with Crippen molar-refractivity contribution in [2.75, 3.05) is 24.5 Å². The van der Waals surface area contributed by atoms with E-state index in [1.54, 1.807) is 4.90 Å². The van der Waals surface area contributed by atoms with Crippen LogP contribution < -0.4 is 10.2 Å². The second kappa shape index (κ2) is 7.25. The molecule has 0 saturated carbocycles. The summed E-state index contributed by atoms with van der Waals surface area (Å²) >= 11 is 6.06. The molecule has 0 spiro atoms. The Labute approximate surface area is 140 Å². The van der Waals surface area contributed by atoms with Crippen molar-refractivity contribution in [2.24, 2.45) is 5.92 Å². The lowest BCUT2D eigenvalue weighted by Crippen LogP contribution is -2.45. The van der Waals surface area contributed by atoms with Crippen LogP contribution in [0.4, 0.5) is 24.5 Å². The summed E-state index contributed by atoms with van der Waals surface area (Å²) in [5.41, 5.74) is 0.371. The number of piperidine rings is 1. The maximum Gasteiger partial charge on any atom is 0.405 e. The van der Waals surface area contributed by atoms with E-state index in [2.05, 4.69) is 0 Å². The van der Waals surface area contributed by atoms with Crippen molar-refractivity contribution in [3.63, 3.8) is 0 Å². The molecular weight excluding hydrogens is 351 g/mol. The molecule has 1 N–H and O–H groups in total. The van der Waals surface area contributed by atoms with Crippen molar-refractivity contribution in [1.29, 1.82) is 0 Å². The first-order valence-corrected chi connectivity index (χ1v) is 7.58. The SMILES string of the molecule is O=C(NCC(F)(F)F)C1CCCN(c2ccc([N+](=O)[O-])cc2Cl)C1. The smallest absolute Gasteiger partial charge is 0.370 e. The molecule has 1 aromatic rings. The average Bonchev–Trinajstić information content (AvgIpc) is 2.51. The van der Waals surface area contributed by atoms with Gasteiger partial charge in [-0.25, -0.2) is 0 Å². The van der Waals surface area contributed by atoms with Crippen LogP contribution in [0.15, 0.2) is 18.2 Å². The van der Waals surface area contributed by atoms with Gasteiger partial charge in [-0.15, -0.1) is 0 Å². The summed E-state index contributed by atoms with van der Waals surface area (Å²) in [7, 11) is 0. The van der Waals surface area contributed by atoms with Crippen LogP contribution in [0.1, 0.15) is 12.8 Å². The number of nitro benzene ring substituents is 1. The number of amides is 1. The molecule has 6 nitrogen and oxygen atoms in total. The van der Waals surface area contributed by atoms with Gasteiger partial charge in [0, 0.05) is 25.2 Å². The summed E-state index contributed by atoms with van der Waals surface area (Å²) in [6, 6.07) is 4.00. The van der Waals surface area contributed by atoms with Crippen LogP contribution in [0.2, 0.25) is 5.02 Å². The Hall–Kier alpha value is -2.03. The minimum absolute atomic E-state index is 0.153. The molecule has 2 rings (SSSR count). The van der Waals surface area contributed by atoms with Gasteiger partial charge in [-0.3, -0.25) is 14.9 Å². The molecular formula is C14H15ClF3N3O3.